The number of amides is 1. The number of nitrogens with zero attached hydrogens (tertiary/aromatic N) is 4. The molecule has 3 aromatic heterocycles. The van der Waals surface area contributed by atoms with Crippen LogP contribution in [0.5, 0.6) is 5.75 Å². The summed E-state index contributed by atoms with van der Waals surface area (Å²) in [7, 11) is 0. The van der Waals surface area contributed by atoms with Gasteiger partial charge in [0, 0.05) is 34.6 Å². The first kappa shape index (κ1) is 19.9. The smallest absolute Gasteiger partial charge is 0.293 e. The van der Waals surface area contributed by atoms with Crippen molar-refractivity contribution in [2.24, 2.45) is 0 Å². The molecule has 3 N–H and O–H groups in total. The van der Waals surface area contributed by atoms with Crippen molar-refractivity contribution in [2.45, 2.75) is 38.4 Å². The number of nitrogens with one attached hydrogen (secondary N) is 1. The lowest BCUT2D eigenvalue weighted by Crippen LogP contribution is -2.24. The fourth-order valence-electron chi connectivity index (χ4n) is 3.78. The molecule has 0 aliphatic carbocycles. The number of hydroxylamine groups is 1. The van der Waals surface area contributed by atoms with Crippen molar-refractivity contribution in [1.29, 1.82) is 0 Å². The highest BCUT2D eigenvalue weighted by atomic mass is 16.5. The van der Waals surface area contributed by atoms with E-state index in [-0.39, 0.29) is 23.2 Å². The summed E-state index contributed by atoms with van der Waals surface area (Å²) in [5.41, 5.74) is 3.64. The van der Waals surface area contributed by atoms with Crippen LogP contribution in [0.15, 0.2) is 43.0 Å². The van der Waals surface area contributed by atoms with Crippen LogP contribution in [0.4, 0.5) is 0 Å². The van der Waals surface area contributed by atoms with E-state index in [1.54, 1.807) is 36.1 Å². The Kier molecular flexibility index (Phi) is 5.64. The Bertz CT molecular complexity index is 1050. The zero-order valence-electron chi connectivity index (χ0n) is 16.3. The molecule has 1 aliphatic heterocycles. The summed E-state index contributed by atoms with van der Waals surface area (Å²) in [4.78, 5) is 21.1. The lowest BCUT2D eigenvalue weighted by molar-refractivity contribution is -0.0420. The van der Waals surface area contributed by atoms with E-state index in [1.807, 2.05) is 6.92 Å². The van der Waals surface area contributed by atoms with E-state index in [1.165, 1.54) is 12.4 Å². The van der Waals surface area contributed by atoms with E-state index in [0.717, 1.165) is 12.8 Å². The van der Waals surface area contributed by atoms with E-state index >= 15 is 0 Å². The lowest BCUT2D eigenvalue weighted by atomic mass is 9.89. The molecule has 30 heavy (non-hydrogen) atoms. The minimum Gasteiger partial charge on any atom is -0.505 e. The summed E-state index contributed by atoms with van der Waals surface area (Å²) >= 11 is 0. The van der Waals surface area contributed by atoms with Gasteiger partial charge in [0.2, 0.25) is 0 Å². The highest BCUT2D eigenvalue weighted by Crippen LogP contribution is 2.46. The third kappa shape index (κ3) is 3.72. The highest BCUT2D eigenvalue weighted by Gasteiger charge is 2.32. The summed E-state index contributed by atoms with van der Waals surface area (Å²) in [6, 6.07) is 5.12. The summed E-state index contributed by atoms with van der Waals surface area (Å²) in [6.07, 6.45) is 8.14. The molecule has 154 valence electrons. The molecule has 0 radical (unpaired) electrons. The molecule has 4 rings (SSSR count). The zero-order valence-corrected chi connectivity index (χ0v) is 16.3. The molecule has 1 fully saturated rings. The molecule has 4 heterocycles. The standard InChI is InChI=1S/C21H21N5O4/c1-12-4-2-6-15(30-12)17-16(13-5-3-8-22-10-13)19(21(28)26-29)25-18(20(17)27)14-7-9-23-24-11-14/h3,5,7-12,15,27,29H,2,4,6H2,1H3,(H,26,28). The normalized spacial score (nSPS) is 18.7. The molecule has 0 aromatic carbocycles. The van der Waals surface area contributed by atoms with Gasteiger partial charge in [-0.15, -0.1) is 0 Å². The second-order valence-corrected chi connectivity index (χ2v) is 7.13. The van der Waals surface area contributed by atoms with E-state index in [4.69, 9.17) is 4.74 Å². The first-order valence-electron chi connectivity index (χ1n) is 9.64. The van der Waals surface area contributed by atoms with Gasteiger partial charge in [-0.2, -0.15) is 10.2 Å². The molecule has 1 aliphatic rings. The van der Waals surface area contributed by atoms with Gasteiger partial charge in [-0.05, 0) is 38.3 Å². The average Bonchev–Trinajstić information content (AvgIpc) is 2.79. The van der Waals surface area contributed by atoms with Crippen LogP contribution in [-0.2, 0) is 4.74 Å². The van der Waals surface area contributed by atoms with Gasteiger partial charge in [-0.3, -0.25) is 15.0 Å². The number of aromatic nitrogens is 4. The van der Waals surface area contributed by atoms with Gasteiger partial charge in [0.15, 0.2) is 0 Å². The number of hydrogen-bond donors (Lipinski definition) is 3. The second-order valence-electron chi connectivity index (χ2n) is 7.13. The van der Waals surface area contributed by atoms with Crippen molar-refractivity contribution < 1.29 is 19.8 Å². The zero-order chi connectivity index (χ0) is 21.1. The summed E-state index contributed by atoms with van der Waals surface area (Å²) in [6.45, 7) is 1.98. The number of carbonyl (C=O) groups is 1. The number of rotatable bonds is 4. The highest BCUT2D eigenvalue weighted by molar-refractivity contribution is 6.01. The summed E-state index contributed by atoms with van der Waals surface area (Å²) in [5.74, 6) is -0.905. The van der Waals surface area contributed by atoms with Crippen LogP contribution < -0.4 is 5.48 Å². The van der Waals surface area contributed by atoms with Gasteiger partial charge in [0.25, 0.3) is 5.91 Å². The van der Waals surface area contributed by atoms with Crippen LogP contribution >= 0.6 is 0 Å². The van der Waals surface area contributed by atoms with Crippen LogP contribution in [0.3, 0.4) is 0 Å². The molecule has 0 saturated carbocycles. The minimum atomic E-state index is -0.803. The van der Waals surface area contributed by atoms with Gasteiger partial charge in [-0.1, -0.05) is 6.07 Å². The van der Waals surface area contributed by atoms with Crippen LogP contribution in [0.2, 0.25) is 0 Å². The maximum atomic E-state index is 12.6. The van der Waals surface area contributed by atoms with Crippen molar-refractivity contribution in [1.82, 2.24) is 25.6 Å². The van der Waals surface area contributed by atoms with Gasteiger partial charge in [-0.25, -0.2) is 10.5 Å². The molecular weight excluding hydrogens is 386 g/mol. The predicted molar refractivity (Wildman–Crippen MR) is 107 cm³/mol. The number of hydrogen-bond acceptors (Lipinski definition) is 8. The first-order chi connectivity index (χ1) is 14.6. The first-order valence-corrected chi connectivity index (χ1v) is 9.64. The van der Waals surface area contributed by atoms with Gasteiger partial charge >= 0.3 is 0 Å². The third-order valence-corrected chi connectivity index (χ3v) is 5.13. The number of pyridine rings is 2. The van der Waals surface area contributed by atoms with Crippen molar-refractivity contribution >= 4 is 5.91 Å². The second kappa shape index (κ2) is 8.52. The van der Waals surface area contributed by atoms with Crippen LogP contribution in [0.25, 0.3) is 22.4 Å². The molecule has 0 spiro atoms. The molecule has 9 heteroatoms. The lowest BCUT2D eigenvalue weighted by Gasteiger charge is -2.31. The maximum Gasteiger partial charge on any atom is 0.293 e. The Morgan fingerprint density at radius 2 is 2.03 bits per heavy atom. The molecule has 3 aromatic rings. The monoisotopic (exact) mass is 407 g/mol. The topological polar surface area (TPSA) is 130 Å². The molecule has 0 bridgehead atoms. The van der Waals surface area contributed by atoms with Crippen LogP contribution in [0.1, 0.15) is 48.3 Å². The maximum absolute atomic E-state index is 12.6. The summed E-state index contributed by atoms with van der Waals surface area (Å²) in [5, 5.41) is 28.2. The van der Waals surface area contributed by atoms with E-state index < -0.39 is 12.0 Å². The average molecular weight is 407 g/mol. The van der Waals surface area contributed by atoms with Crippen molar-refractivity contribution in [3.8, 4) is 28.1 Å². The van der Waals surface area contributed by atoms with E-state index in [9.17, 15) is 15.1 Å². The third-order valence-electron chi connectivity index (χ3n) is 5.13. The Morgan fingerprint density at radius 3 is 2.70 bits per heavy atom. The van der Waals surface area contributed by atoms with E-state index in [2.05, 4.69) is 20.2 Å². The summed E-state index contributed by atoms with van der Waals surface area (Å²) < 4.78 is 6.14. The Hall–Kier alpha value is -3.43. The molecule has 1 amide bonds. The molecule has 1 saturated heterocycles. The Morgan fingerprint density at radius 1 is 1.17 bits per heavy atom. The quantitative estimate of drug-likeness (QED) is 0.444. The molecule has 2 atom stereocenters. The number of carbonyl (C=O) groups excluding carboxylic acids is 1. The largest absolute Gasteiger partial charge is 0.505 e. The molecular formula is C21H21N5O4. The van der Waals surface area contributed by atoms with Gasteiger partial charge in [0.05, 0.1) is 24.6 Å². The fraction of sp³-hybridized carbons (Fsp3) is 0.286. The molecule has 2 unspecified atom stereocenters. The van der Waals surface area contributed by atoms with Crippen LogP contribution in [0, 0.1) is 0 Å². The minimum absolute atomic E-state index is 0.000719. The van der Waals surface area contributed by atoms with Gasteiger partial charge in [0.1, 0.15) is 17.1 Å². The Balaban J connectivity index is 2.04. The molecule has 9 nitrogen and oxygen atoms in total. The SMILES string of the molecule is CC1CCCC(c2c(O)c(-c3ccnnc3)nc(C(=O)NO)c2-c2cccnc2)O1. The van der Waals surface area contributed by atoms with Crippen molar-refractivity contribution in [3.05, 3.63) is 54.2 Å². The van der Waals surface area contributed by atoms with Crippen LogP contribution in [-0.4, -0.2) is 42.5 Å². The Labute approximate surface area is 172 Å². The van der Waals surface area contributed by atoms with Gasteiger partial charge < -0.3 is 9.84 Å². The van der Waals surface area contributed by atoms with Crippen molar-refractivity contribution in [2.75, 3.05) is 0 Å². The number of aromatic hydroxyl groups is 1. The fourth-order valence-corrected chi connectivity index (χ4v) is 3.78. The van der Waals surface area contributed by atoms with Crippen molar-refractivity contribution in [3.63, 3.8) is 0 Å². The van der Waals surface area contributed by atoms with E-state index in [0.29, 0.717) is 28.7 Å². The predicted octanol–water partition coefficient (Wildman–Crippen LogP) is 3.06. The number of ether oxygens (including phenoxy) is 1.